The van der Waals surface area contributed by atoms with Crippen LogP contribution in [-0.4, -0.2) is 18.0 Å². The molecule has 1 aliphatic carbocycles. The van der Waals surface area contributed by atoms with E-state index in [1.807, 2.05) is 6.92 Å². The molecular weight excluding hydrogens is 260 g/mol. The second-order valence-corrected chi connectivity index (χ2v) is 5.94. The van der Waals surface area contributed by atoms with Gasteiger partial charge in [0.15, 0.2) is 0 Å². The van der Waals surface area contributed by atoms with E-state index < -0.39 is 0 Å². The molecule has 1 saturated carbocycles. The Morgan fingerprint density at radius 3 is 2.47 bits per heavy atom. The summed E-state index contributed by atoms with van der Waals surface area (Å²) in [5.41, 5.74) is 5.66. The second kappa shape index (κ2) is 10.5. The molecule has 1 amide bonds. The van der Waals surface area contributed by atoms with Gasteiger partial charge < -0.3 is 11.1 Å². The fraction of sp³-hybridized carbons (Fsp3) is 0.933. The third-order valence-electron chi connectivity index (χ3n) is 4.00. The first-order valence-corrected chi connectivity index (χ1v) is 7.66. The Morgan fingerprint density at radius 1 is 1.32 bits per heavy atom. The van der Waals surface area contributed by atoms with Crippen molar-refractivity contribution in [2.24, 2.45) is 11.7 Å². The lowest BCUT2D eigenvalue weighted by atomic mass is 9.83. The summed E-state index contributed by atoms with van der Waals surface area (Å²) in [5.74, 6) is 1.09. The molecule has 0 saturated heterocycles. The van der Waals surface area contributed by atoms with Gasteiger partial charge in [0, 0.05) is 18.5 Å². The Hall–Kier alpha value is -0.280. The van der Waals surface area contributed by atoms with Crippen molar-refractivity contribution >= 4 is 18.3 Å². The number of carbonyl (C=O) groups excluding carboxylic acids is 1. The summed E-state index contributed by atoms with van der Waals surface area (Å²) >= 11 is 0. The van der Waals surface area contributed by atoms with Gasteiger partial charge in [-0.2, -0.15) is 0 Å². The van der Waals surface area contributed by atoms with Crippen molar-refractivity contribution in [3.05, 3.63) is 0 Å². The van der Waals surface area contributed by atoms with E-state index in [0.717, 1.165) is 25.2 Å². The molecule has 0 spiro atoms. The number of hydrogen-bond acceptors (Lipinski definition) is 2. The van der Waals surface area contributed by atoms with Gasteiger partial charge >= 0.3 is 0 Å². The van der Waals surface area contributed by atoms with E-state index in [4.69, 9.17) is 5.73 Å². The summed E-state index contributed by atoms with van der Waals surface area (Å²) < 4.78 is 0. The standard InChI is InChI=1S/C15H30N2O.ClH/c1-3-4-5-13-7-9-14(10-8-13)17-15(18)11-6-12(2)16;/h12-14H,3-11,16H2,1-2H3,(H,17,18);1H. The molecule has 0 aromatic carbocycles. The molecule has 0 bridgehead atoms. The van der Waals surface area contributed by atoms with Gasteiger partial charge in [0.2, 0.25) is 5.91 Å². The number of unbranched alkanes of at least 4 members (excludes halogenated alkanes) is 1. The Labute approximate surface area is 124 Å². The van der Waals surface area contributed by atoms with Gasteiger partial charge in [0.25, 0.3) is 0 Å². The van der Waals surface area contributed by atoms with Gasteiger partial charge in [-0.05, 0) is 44.9 Å². The van der Waals surface area contributed by atoms with E-state index in [9.17, 15) is 4.79 Å². The highest BCUT2D eigenvalue weighted by atomic mass is 35.5. The minimum absolute atomic E-state index is 0. The minimum atomic E-state index is 0. The summed E-state index contributed by atoms with van der Waals surface area (Å²) in [6, 6.07) is 0.545. The fourth-order valence-electron chi connectivity index (χ4n) is 2.75. The fourth-order valence-corrected chi connectivity index (χ4v) is 2.75. The third kappa shape index (κ3) is 8.48. The van der Waals surface area contributed by atoms with Gasteiger partial charge in [-0.3, -0.25) is 4.79 Å². The van der Waals surface area contributed by atoms with Crippen molar-refractivity contribution < 1.29 is 4.79 Å². The predicted octanol–water partition coefficient (Wildman–Crippen LogP) is 3.40. The normalized spacial score (nSPS) is 24.4. The minimum Gasteiger partial charge on any atom is -0.353 e. The van der Waals surface area contributed by atoms with E-state index in [2.05, 4.69) is 12.2 Å². The Bertz CT molecular complexity index is 238. The van der Waals surface area contributed by atoms with Crippen molar-refractivity contribution in [2.75, 3.05) is 0 Å². The Balaban J connectivity index is 0.00000324. The molecular formula is C15H31ClN2O. The molecule has 0 heterocycles. The lowest BCUT2D eigenvalue weighted by molar-refractivity contribution is -0.122. The maximum absolute atomic E-state index is 11.7. The zero-order valence-electron chi connectivity index (χ0n) is 12.5. The largest absolute Gasteiger partial charge is 0.353 e. The molecule has 1 aliphatic rings. The molecule has 1 unspecified atom stereocenters. The van der Waals surface area contributed by atoms with Crippen LogP contribution in [-0.2, 0) is 4.79 Å². The van der Waals surface area contributed by atoms with Crippen LogP contribution in [0.25, 0.3) is 0 Å². The van der Waals surface area contributed by atoms with Crippen LogP contribution in [0.4, 0.5) is 0 Å². The quantitative estimate of drug-likeness (QED) is 0.755. The predicted molar refractivity (Wildman–Crippen MR) is 83.5 cm³/mol. The third-order valence-corrected chi connectivity index (χ3v) is 4.00. The van der Waals surface area contributed by atoms with E-state index in [-0.39, 0.29) is 24.4 Å². The van der Waals surface area contributed by atoms with Crippen LogP contribution in [0.2, 0.25) is 0 Å². The molecule has 3 nitrogen and oxygen atoms in total. The zero-order chi connectivity index (χ0) is 13.4. The van der Waals surface area contributed by atoms with Gasteiger partial charge in [0.05, 0.1) is 0 Å². The lowest BCUT2D eigenvalue weighted by Gasteiger charge is -2.29. The van der Waals surface area contributed by atoms with Gasteiger partial charge in [0.1, 0.15) is 0 Å². The highest BCUT2D eigenvalue weighted by Gasteiger charge is 2.21. The highest BCUT2D eigenvalue weighted by Crippen LogP contribution is 2.28. The number of carbonyl (C=O) groups is 1. The topological polar surface area (TPSA) is 55.1 Å². The highest BCUT2D eigenvalue weighted by molar-refractivity contribution is 5.85. The second-order valence-electron chi connectivity index (χ2n) is 5.94. The van der Waals surface area contributed by atoms with Crippen molar-refractivity contribution in [2.45, 2.75) is 83.7 Å². The van der Waals surface area contributed by atoms with Crippen LogP contribution in [0.1, 0.15) is 71.6 Å². The maximum Gasteiger partial charge on any atom is 0.220 e. The van der Waals surface area contributed by atoms with Crippen molar-refractivity contribution in [3.63, 3.8) is 0 Å². The summed E-state index contributed by atoms with van der Waals surface area (Å²) in [6.07, 6.45) is 10.3. The van der Waals surface area contributed by atoms with Crippen LogP contribution in [0.15, 0.2) is 0 Å². The van der Waals surface area contributed by atoms with E-state index in [0.29, 0.717) is 12.5 Å². The maximum atomic E-state index is 11.7. The van der Waals surface area contributed by atoms with E-state index in [1.54, 1.807) is 0 Å². The van der Waals surface area contributed by atoms with Crippen molar-refractivity contribution in [3.8, 4) is 0 Å². The average Bonchev–Trinajstić information content (AvgIpc) is 2.35. The molecule has 1 atom stereocenters. The molecule has 1 fully saturated rings. The Morgan fingerprint density at radius 2 is 1.95 bits per heavy atom. The SMILES string of the molecule is CCCCC1CCC(NC(=O)CCC(C)N)CC1.Cl. The molecule has 4 heteroatoms. The number of amides is 1. The van der Waals surface area contributed by atoms with Crippen LogP contribution < -0.4 is 11.1 Å². The lowest BCUT2D eigenvalue weighted by Crippen LogP contribution is -2.38. The molecule has 1 rings (SSSR count). The van der Waals surface area contributed by atoms with Crippen molar-refractivity contribution in [1.29, 1.82) is 0 Å². The van der Waals surface area contributed by atoms with E-state index >= 15 is 0 Å². The Kier molecular flexibility index (Phi) is 10.3. The number of nitrogens with one attached hydrogen (secondary N) is 1. The number of nitrogens with two attached hydrogens (primary N) is 1. The summed E-state index contributed by atoms with van der Waals surface area (Å²) in [5, 5.41) is 3.16. The molecule has 114 valence electrons. The van der Waals surface area contributed by atoms with E-state index in [1.165, 1.54) is 32.1 Å². The summed E-state index contributed by atoms with van der Waals surface area (Å²) in [4.78, 5) is 11.7. The van der Waals surface area contributed by atoms with Crippen LogP contribution >= 0.6 is 12.4 Å². The molecule has 0 radical (unpaired) electrons. The average molecular weight is 291 g/mol. The van der Waals surface area contributed by atoms with Crippen LogP contribution in [0.3, 0.4) is 0 Å². The van der Waals surface area contributed by atoms with Crippen LogP contribution in [0.5, 0.6) is 0 Å². The molecule has 19 heavy (non-hydrogen) atoms. The first-order valence-electron chi connectivity index (χ1n) is 7.66. The molecule has 0 aliphatic heterocycles. The van der Waals surface area contributed by atoms with Gasteiger partial charge in [-0.25, -0.2) is 0 Å². The first-order chi connectivity index (χ1) is 8.61. The smallest absolute Gasteiger partial charge is 0.220 e. The van der Waals surface area contributed by atoms with Crippen LogP contribution in [0, 0.1) is 5.92 Å². The number of halogens is 1. The molecule has 0 aromatic heterocycles. The summed E-state index contributed by atoms with van der Waals surface area (Å²) in [6.45, 7) is 4.20. The van der Waals surface area contributed by atoms with Gasteiger partial charge in [-0.1, -0.05) is 26.2 Å². The molecule has 3 N–H and O–H groups in total. The number of hydrogen-bond donors (Lipinski definition) is 2. The summed E-state index contributed by atoms with van der Waals surface area (Å²) in [7, 11) is 0. The monoisotopic (exact) mass is 290 g/mol. The number of rotatable bonds is 7. The zero-order valence-corrected chi connectivity index (χ0v) is 13.3. The first kappa shape index (κ1) is 18.7. The van der Waals surface area contributed by atoms with Gasteiger partial charge in [-0.15, -0.1) is 12.4 Å². The van der Waals surface area contributed by atoms with Crippen molar-refractivity contribution in [1.82, 2.24) is 5.32 Å². The molecule has 0 aromatic rings.